The van der Waals surface area contributed by atoms with Crippen molar-refractivity contribution in [3.05, 3.63) is 47.2 Å². The maximum atomic E-state index is 13.7. The van der Waals surface area contributed by atoms with Gasteiger partial charge in [-0.3, -0.25) is 5.32 Å². The Labute approximate surface area is 147 Å². The second-order valence-corrected chi connectivity index (χ2v) is 7.05. The van der Waals surface area contributed by atoms with Gasteiger partial charge >= 0.3 is 6.09 Å². The number of hydrogen-bond acceptors (Lipinski definition) is 4. The highest BCUT2D eigenvalue weighted by atomic mass is 19.1. The Morgan fingerprint density at radius 1 is 1.20 bits per heavy atom. The number of rotatable bonds is 4. The summed E-state index contributed by atoms with van der Waals surface area (Å²) in [7, 11) is 0. The second kappa shape index (κ2) is 7.17. The van der Waals surface area contributed by atoms with Crippen molar-refractivity contribution >= 4 is 17.5 Å². The van der Waals surface area contributed by atoms with Gasteiger partial charge in [0.05, 0.1) is 17.4 Å². The molecule has 6 heteroatoms. The number of benzene rings is 1. The molecule has 0 aliphatic heterocycles. The topological polar surface area (TPSA) is 63.5 Å². The molecule has 0 aliphatic carbocycles. The molecule has 0 fully saturated rings. The Hall–Kier alpha value is -2.50. The van der Waals surface area contributed by atoms with Crippen LogP contribution in [0.3, 0.4) is 0 Å². The summed E-state index contributed by atoms with van der Waals surface area (Å²) in [5.41, 5.74) is 1.28. The van der Waals surface area contributed by atoms with Gasteiger partial charge in [0.2, 0.25) is 0 Å². The zero-order valence-electron chi connectivity index (χ0n) is 15.5. The number of hydrogen-bond donors (Lipinski definition) is 2. The minimum absolute atomic E-state index is 0.126. The monoisotopic (exact) mass is 348 g/mol. The van der Waals surface area contributed by atoms with Gasteiger partial charge < -0.3 is 14.5 Å². The smallest absolute Gasteiger partial charge is 0.412 e. The molecule has 0 spiro atoms. The predicted octanol–water partition coefficient (Wildman–Crippen LogP) is 5.56. The molecule has 0 bridgehead atoms. The maximum Gasteiger partial charge on any atom is 0.412 e. The number of ether oxygens (including phenoxy) is 1. The molecule has 25 heavy (non-hydrogen) atoms. The zero-order chi connectivity index (χ0) is 18.8. The molecule has 1 aromatic carbocycles. The molecule has 0 saturated heterocycles. The van der Waals surface area contributed by atoms with Crippen molar-refractivity contribution in [3.8, 4) is 0 Å². The van der Waals surface area contributed by atoms with E-state index in [1.807, 2.05) is 26.8 Å². The summed E-state index contributed by atoms with van der Waals surface area (Å²) in [5.74, 6) is 1.22. The quantitative estimate of drug-likeness (QED) is 0.760. The normalized spacial score (nSPS) is 12.6. The summed E-state index contributed by atoms with van der Waals surface area (Å²) in [6.07, 6.45) is -0.592. The Bertz CT molecular complexity index is 763. The molecule has 2 N–H and O–H groups in total. The molecule has 1 unspecified atom stereocenters. The number of furan rings is 1. The SMILES string of the molecule is Cc1cc(C(C)Nc2cc(F)ccc2NC(=O)OC(C)(C)C)c(C)o1. The molecule has 0 saturated carbocycles. The summed E-state index contributed by atoms with van der Waals surface area (Å²) >= 11 is 0. The number of carbonyl (C=O) groups excluding carboxylic acids is 1. The van der Waals surface area contributed by atoms with E-state index in [0.717, 1.165) is 17.1 Å². The fraction of sp³-hybridized carbons (Fsp3) is 0.421. The average molecular weight is 348 g/mol. The van der Waals surface area contributed by atoms with E-state index in [2.05, 4.69) is 10.6 Å². The number of anilines is 2. The van der Waals surface area contributed by atoms with Crippen molar-refractivity contribution in [2.75, 3.05) is 10.6 Å². The van der Waals surface area contributed by atoms with Gasteiger partial charge in [-0.2, -0.15) is 0 Å². The second-order valence-electron chi connectivity index (χ2n) is 7.05. The first-order chi connectivity index (χ1) is 11.5. The van der Waals surface area contributed by atoms with Crippen LogP contribution in [-0.2, 0) is 4.74 Å². The van der Waals surface area contributed by atoms with E-state index in [1.165, 1.54) is 18.2 Å². The highest BCUT2D eigenvalue weighted by Gasteiger charge is 2.19. The van der Waals surface area contributed by atoms with E-state index in [9.17, 15) is 9.18 Å². The van der Waals surface area contributed by atoms with Crippen LogP contribution in [0.25, 0.3) is 0 Å². The molecule has 2 rings (SSSR count). The first-order valence-corrected chi connectivity index (χ1v) is 8.18. The Balaban J connectivity index is 2.21. The van der Waals surface area contributed by atoms with Crippen LogP contribution >= 0.6 is 0 Å². The molecule has 2 aromatic rings. The van der Waals surface area contributed by atoms with Crippen molar-refractivity contribution in [2.24, 2.45) is 0 Å². The predicted molar refractivity (Wildman–Crippen MR) is 96.5 cm³/mol. The van der Waals surface area contributed by atoms with E-state index in [4.69, 9.17) is 9.15 Å². The number of carbonyl (C=O) groups is 1. The molecule has 0 radical (unpaired) electrons. The third-order valence-corrected chi connectivity index (χ3v) is 3.54. The minimum atomic E-state index is -0.615. The van der Waals surface area contributed by atoms with Gasteiger partial charge in [-0.15, -0.1) is 0 Å². The number of nitrogens with one attached hydrogen (secondary N) is 2. The van der Waals surface area contributed by atoms with Crippen molar-refractivity contribution in [1.82, 2.24) is 0 Å². The third kappa shape index (κ3) is 5.24. The van der Waals surface area contributed by atoms with E-state index in [0.29, 0.717) is 11.4 Å². The first kappa shape index (κ1) is 18.8. The molecule has 1 amide bonds. The molecular formula is C19H25FN2O3. The van der Waals surface area contributed by atoms with Crippen LogP contribution in [0.1, 0.15) is 50.8 Å². The van der Waals surface area contributed by atoms with Crippen molar-refractivity contribution in [3.63, 3.8) is 0 Å². The summed E-state index contributed by atoms with van der Waals surface area (Å²) in [4.78, 5) is 12.0. The lowest BCUT2D eigenvalue weighted by molar-refractivity contribution is 0.0636. The van der Waals surface area contributed by atoms with Crippen molar-refractivity contribution in [1.29, 1.82) is 0 Å². The van der Waals surface area contributed by atoms with Crippen LogP contribution < -0.4 is 10.6 Å². The molecule has 1 heterocycles. The zero-order valence-corrected chi connectivity index (χ0v) is 15.5. The van der Waals surface area contributed by atoms with E-state index in [-0.39, 0.29) is 6.04 Å². The van der Waals surface area contributed by atoms with E-state index >= 15 is 0 Å². The lowest BCUT2D eigenvalue weighted by atomic mass is 10.1. The number of amides is 1. The summed E-state index contributed by atoms with van der Waals surface area (Å²) in [6, 6.07) is 5.94. The van der Waals surface area contributed by atoms with Gasteiger partial charge in [-0.05, 0) is 65.8 Å². The lowest BCUT2D eigenvalue weighted by Crippen LogP contribution is -2.27. The van der Waals surface area contributed by atoms with Gasteiger partial charge in [-0.25, -0.2) is 9.18 Å². The molecular weight excluding hydrogens is 323 g/mol. The average Bonchev–Trinajstić information content (AvgIpc) is 2.78. The minimum Gasteiger partial charge on any atom is -0.466 e. The highest BCUT2D eigenvalue weighted by Crippen LogP contribution is 2.30. The van der Waals surface area contributed by atoms with Crippen LogP contribution in [0.5, 0.6) is 0 Å². The number of halogens is 1. The number of aryl methyl sites for hydroxylation is 2. The summed E-state index contributed by atoms with van der Waals surface area (Å²) in [5, 5.41) is 5.88. The third-order valence-electron chi connectivity index (χ3n) is 3.54. The van der Waals surface area contributed by atoms with Crippen LogP contribution in [0, 0.1) is 19.7 Å². The molecule has 1 aromatic heterocycles. The maximum absolute atomic E-state index is 13.7. The van der Waals surface area contributed by atoms with Gasteiger partial charge in [0.15, 0.2) is 0 Å². The molecule has 5 nitrogen and oxygen atoms in total. The van der Waals surface area contributed by atoms with E-state index in [1.54, 1.807) is 20.8 Å². The van der Waals surface area contributed by atoms with E-state index < -0.39 is 17.5 Å². The van der Waals surface area contributed by atoms with Crippen molar-refractivity contribution < 1.29 is 18.3 Å². The molecule has 136 valence electrons. The first-order valence-electron chi connectivity index (χ1n) is 8.18. The highest BCUT2D eigenvalue weighted by molar-refractivity contribution is 5.89. The van der Waals surface area contributed by atoms with Crippen molar-refractivity contribution in [2.45, 2.75) is 53.2 Å². The Kier molecular flexibility index (Phi) is 5.40. The Morgan fingerprint density at radius 2 is 1.88 bits per heavy atom. The van der Waals surface area contributed by atoms with Gasteiger partial charge in [0.25, 0.3) is 0 Å². The fourth-order valence-electron chi connectivity index (χ4n) is 2.55. The van der Waals surface area contributed by atoms with Gasteiger partial charge in [-0.1, -0.05) is 0 Å². The fourth-order valence-corrected chi connectivity index (χ4v) is 2.55. The molecule has 1 atom stereocenters. The Morgan fingerprint density at radius 3 is 2.44 bits per heavy atom. The summed E-state index contributed by atoms with van der Waals surface area (Å²) < 4.78 is 24.5. The van der Waals surface area contributed by atoms with Crippen LogP contribution in [0.4, 0.5) is 20.6 Å². The lowest BCUT2D eigenvalue weighted by Gasteiger charge is -2.22. The standard InChI is InChI=1S/C19H25FN2O3/c1-11-9-15(13(3)24-11)12(2)21-17-10-14(20)7-8-16(17)22-18(23)25-19(4,5)6/h7-10,12,21H,1-6H3,(H,22,23). The van der Waals surface area contributed by atoms with Crippen LogP contribution in [-0.4, -0.2) is 11.7 Å². The summed E-state index contributed by atoms with van der Waals surface area (Å²) in [6.45, 7) is 11.0. The van der Waals surface area contributed by atoms with Crippen LogP contribution in [0.2, 0.25) is 0 Å². The largest absolute Gasteiger partial charge is 0.466 e. The van der Waals surface area contributed by atoms with Gasteiger partial charge in [0, 0.05) is 5.56 Å². The molecule has 0 aliphatic rings. The van der Waals surface area contributed by atoms with Gasteiger partial charge in [0.1, 0.15) is 22.9 Å². The van der Waals surface area contributed by atoms with Crippen LogP contribution in [0.15, 0.2) is 28.7 Å².